The molecule has 0 unspecified atom stereocenters. The van der Waals surface area contributed by atoms with Crippen LogP contribution in [-0.2, 0) is 13.2 Å². The number of hydrogen-bond donors (Lipinski definition) is 1. The van der Waals surface area contributed by atoms with E-state index in [1.807, 2.05) is 24.3 Å². The van der Waals surface area contributed by atoms with Crippen molar-refractivity contribution in [2.24, 2.45) is 0 Å². The normalized spacial score (nSPS) is 10.6. The lowest BCUT2D eigenvalue weighted by Gasteiger charge is -2.05. The zero-order valence-electron chi connectivity index (χ0n) is 14.9. The van der Waals surface area contributed by atoms with Crippen molar-refractivity contribution in [3.05, 3.63) is 65.3 Å². The average Bonchev–Trinajstić information content (AvgIpc) is 3.33. The van der Waals surface area contributed by atoms with Crippen LogP contribution >= 0.6 is 11.6 Å². The van der Waals surface area contributed by atoms with Gasteiger partial charge in [-0.25, -0.2) is 0 Å². The number of aryl methyl sites for hydroxylation is 1. The van der Waals surface area contributed by atoms with Gasteiger partial charge in [-0.15, -0.1) is 0 Å². The summed E-state index contributed by atoms with van der Waals surface area (Å²) in [5, 5.41) is 7.49. The third kappa shape index (κ3) is 5.52. The fourth-order valence-corrected chi connectivity index (χ4v) is 2.55. The molecule has 0 aliphatic rings. The molecule has 0 aliphatic heterocycles. The topological polar surface area (TPSA) is 78.5 Å². The Labute approximate surface area is 161 Å². The lowest BCUT2D eigenvalue weighted by Crippen LogP contribution is -2.24. The number of furan rings is 1. The molecule has 0 saturated heterocycles. The number of hydrogen-bond acceptors (Lipinski definition) is 5. The van der Waals surface area contributed by atoms with Crippen LogP contribution in [0, 0.1) is 0 Å². The Kier molecular flexibility index (Phi) is 6.38. The fraction of sp³-hybridized carbons (Fsp3) is 0.263. The van der Waals surface area contributed by atoms with Crippen LogP contribution in [0.25, 0.3) is 0 Å². The number of amides is 1. The van der Waals surface area contributed by atoms with Crippen LogP contribution in [0.5, 0.6) is 11.5 Å². The highest BCUT2D eigenvalue weighted by Crippen LogP contribution is 2.19. The molecule has 8 heteroatoms. The molecule has 3 rings (SSSR count). The van der Waals surface area contributed by atoms with Crippen LogP contribution < -0.4 is 14.8 Å². The summed E-state index contributed by atoms with van der Waals surface area (Å²) in [4.78, 5) is 12.1. The van der Waals surface area contributed by atoms with Gasteiger partial charge in [0.25, 0.3) is 5.91 Å². The maximum absolute atomic E-state index is 12.1. The molecular weight excluding hydrogens is 370 g/mol. The summed E-state index contributed by atoms with van der Waals surface area (Å²) in [5.74, 6) is 2.02. The van der Waals surface area contributed by atoms with Crippen LogP contribution in [0.15, 0.2) is 53.2 Å². The van der Waals surface area contributed by atoms with E-state index in [1.165, 1.54) is 0 Å². The molecule has 1 aromatic carbocycles. The molecule has 27 heavy (non-hydrogen) atoms. The van der Waals surface area contributed by atoms with E-state index >= 15 is 0 Å². The molecule has 142 valence electrons. The Balaban J connectivity index is 1.41. The molecule has 2 aromatic heterocycles. The summed E-state index contributed by atoms with van der Waals surface area (Å²) in [6.07, 6.45) is 4.06. The smallest absolute Gasteiger partial charge is 0.286 e. The molecule has 0 spiro atoms. The standard InChI is InChI=1S/C19H20ClN3O4/c1-25-15-3-5-16(6-4-15)26-13-17-7-8-18(27-17)19(24)21-9-2-10-23-12-14(20)11-22-23/h3-8,11-12H,2,9-10,13H2,1H3,(H,21,24). The van der Waals surface area contributed by atoms with Crippen molar-refractivity contribution in [3.63, 3.8) is 0 Å². The zero-order chi connectivity index (χ0) is 19.1. The Morgan fingerprint density at radius 3 is 2.70 bits per heavy atom. The van der Waals surface area contributed by atoms with Crippen molar-refractivity contribution in [2.45, 2.75) is 19.6 Å². The highest BCUT2D eigenvalue weighted by Gasteiger charge is 2.11. The Hall–Kier alpha value is -2.93. The summed E-state index contributed by atoms with van der Waals surface area (Å²) < 4.78 is 18.0. The largest absolute Gasteiger partial charge is 0.497 e. The summed E-state index contributed by atoms with van der Waals surface area (Å²) in [6, 6.07) is 10.6. The number of aromatic nitrogens is 2. The molecule has 0 saturated carbocycles. The number of carbonyl (C=O) groups excluding carboxylic acids is 1. The third-order valence-corrected chi connectivity index (χ3v) is 3.97. The van der Waals surface area contributed by atoms with E-state index in [-0.39, 0.29) is 18.3 Å². The number of nitrogens with one attached hydrogen (secondary N) is 1. The number of methoxy groups -OCH3 is 1. The van der Waals surface area contributed by atoms with Gasteiger partial charge in [0.05, 0.1) is 18.3 Å². The van der Waals surface area contributed by atoms with Gasteiger partial charge in [-0.1, -0.05) is 11.6 Å². The van der Waals surface area contributed by atoms with Crippen LogP contribution in [0.1, 0.15) is 22.7 Å². The van der Waals surface area contributed by atoms with Crippen LogP contribution in [0.3, 0.4) is 0 Å². The number of carbonyl (C=O) groups is 1. The quantitative estimate of drug-likeness (QED) is 0.566. The first-order valence-corrected chi connectivity index (χ1v) is 8.83. The van der Waals surface area contributed by atoms with E-state index in [4.69, 9.17) is 25.5 Å². The summed E-state index contributed by atoms with van der Waals surface area (Å²) in [6.45, 7) is 1.42. The summed E-state index contributed by atoms with van der Waals surface area (Å²) >= 11 is 5.80. The highest BCUT2D eigenvalue weighted by atomic mass is 35.5. The lowest BCUT2D eigenvalue weighted by molar-refractivity contribution is 0.0921. The highest BCUT2D eigenvalue weighted by molar-refractivity contribution is 6.30. The second kappa shape index (κ2) is 9.14. The Morgan fingerprint density at radius 1 is 1.22 bits per heavy atom. The molecule has 1 N–H and O–H groups in total. The predicted molar refractivity (Wildman–Crippen MR) is 100 cm³/mol. The molecular formula is C19H20ClN3O4. The van der Waals surface area contributed by atoms with Crippen molar-refractivity contribution in [2.75, 3.05) is 13.7 Å². The third-order valence-electron chi connectivity index (χ3n) is 3.78. The van der Waals surface area contributed by atoms with Crippen molar-refractivity contribution in [3.8, 4) is 11.5 Å². The number of ether oxygens (including phenoxy) is 2. The maximum atomic E-state index is 12.1. The molecule has 0 fully saturated rings. The summed E-state index contributed by atoms with van der Waals surface area (Å²) in [7, 11) is 1.61. The maximum Gasteiger partial charge on any atom is 0.286 e. The van der Waals surface area contributed by atoms with E-state index in [0.717, 1.165) is 12.2 Å². The van der Waals surface area contributed by atoms with Crippen LogP contribution in [0.4, 0.5) is 0 Å². The molecule has 0 aliphatic carbocycles. The van der Waals surface area contributed by atoms with Gasteiger partial charge >= 0.3 is 0 Å². The van der Waals surface area contributed by atoms with Gasteiger partial charge in [0.1, 0.15) is 23.9 Å². The van der Waals surface area contributed by atoms with Gasteiger partial charge in [0.15, 0.2) is 5.76 Å². The second-order valence-electron chi connectivity index (χ2n) is 5.76. The Bertz CT molecular complexity index is 873. The van der Waals surface area contributed by atoms with E-state index in [2.05, 4.69) is 10.4 Å². The van der Waals surface area contributed by atoms with Gasteiger partial charge in [-0.3, -0.25) is 9.48 Å². The monoisotopic (exact) mass is 389 g/mol. The minimum absolute atomic E-state index is 0.236. The number of benzene rings is 1. The number of nitrogens with zero attached hydrogens (tertiary/aromatic N) is 2. The molecule has 0 radical (unpaired) electrons. The number of rotatable bonds is 9. The molecule has 2 heterocycles. The van der Waals surface area contributed by atoms with Crippen molar-refractivity contribution >= 4 is 17.5 Å². The van der Waals surface area contributed by atoms with Crippen molar-refractivity contribution in [1.82, 2.24) is 15.1 Å². The van der Waals surface area contributed by atoms with Gasteiger partial charge in [0.2, 0.25) is 0 Å². The first-order valence-electron chi connectivity index (χ1n) is 8.46. The Morgan fingerprint density at radius 2 is 2.00 bits per heavy atom. The number of halogens is 1. The molecule has 0 atom stereocenters. The van der Waals surface area contributed by atoms with E-state index < -0.39 is 0 Å². The first-order chi connectivity index (χ1) is 13.1. The molecule has 1 amide bonds. The summed E-state index contributed by atoms with van der Waals surface area (Å²) in [5.41, 5.74) is 0. The molecule has 7 nitrogen and oxygen atoms in total. The van der Waals surface area contributed by atoms with Crippen molar-refractivity contribution < 1.29 is 18.7 Å². The SMILES string of the molecule is COc1ccc(OCc2ccc(C(=O)NCCCn3cc(Cl)cn3)o2)cc1. The zero-order valence-corrected chi connectivity index (χ0v) is 15.6. The lowest BCUT2D eigenvalue weighted by atomic mass is 10.3. The van der Waals surface area contributed by atoms with E-state index in [9.17, 15) is 4.79 Å². The fourth-order valence-electron chi connectivity index (χ4n) is 2.39. The van der Waals surface area contributed by atoms with Gasteiger partial charge < -0.3 is 19.2 Å². The average molecular weight is 390 g/mol. The van der Waals surface area contributed by atoms with Crippen LogP contribution in [-0.4, -0.2) is 29.3 Å². The van der Waals surface area contributed by atoms with Crippen molar-refractivity contribution in [1.29, 1.82) is 0 Å². The molecule has 0 bridgehead atoms. The van der Waals surface area contributed by atoms with Gasteiger partial charge in [0, 0.05) is 19.3 Å². The predicted octanol–water partition coefficient (Wildman–Crippen LogP) is 3.54. The minimum atomic E-state index is -0.260. The van der Waals surface area contributed by atoms with E-state index in [1.54, 1.807) is 36.3 Å². The minimum Gasteiger partial charge on any atom is -0.497 e. The van der Waals surface area contributed by atoms with Crippen LogP contribution in [0.2, 0.25) is 5.02 Å². The second-order valence-corrected chi connectivity index (χ2v) is 6.20. The van der Waals surface area contributed by atoms with Gasteiger partial charge in [-0.2, -0.15) is 5.10 Å². The van der Waals surface area contributed by atoms with Gasteiger partial charge in [-0.05, 0) is 42.8 Å². The first kappa shape index (κ1) is 18.8. The molecule has 3 aromatic rings. The van der Waals surface area contributed by atoms with E-state index in [0.29, 0.717) is 29.6 Å².